The van der Waals surface area contributed by atoms with Crippen LogP contribution in [-0.4, -0.2) is 28.6 Å². The fourth-order valence-electron chi connectivity index (χ4n) is 2.82. The van der Waals surface area contributed by atoms with Crippen LogP contribution in [0.2, 0.25) is 0 Å². The van der Waals surface area contributed by atoms with Crippen LogP contribution < -0.4 is 10.6 Å². The highest BCUT2D eigenvalue weighted by Gasteiger charge is 2.05. The molecule has 0 saturated heterocycles. The minimum Gasteiger partial charge on any atom is -0.354 e. The first-order valence-corrected chi connectivity index (χ1v) is 9.22. The summed E-state index contributed by atoms with van der Waals surface area (Å²) in [5.74, 6) is 0.865. The summed E-state index contributed by atoms with van der Waals surface area (Å²) < 4.78 is 2.07. The van der Waals surface area contributed by atoms with Gasteiger partial charge in [0.15, 0.2) is 5.96 Å². The highest BCUT2D eigenvalue weighted by Crippen LogP contribution is 2.07. The van der Waals surface area contributed by atoms with E-state index in [2.05, 4.69) is 63.3 Å². The molecule has 1 unspecified atom stereocenters. The van der Waals surface area contributed by atoms with Gasteiger partial charge in [-0.2, -0.15) is 0 Å². The molecular formula is C20H31N5. The van der Waals surface area contributed by atoms with E-state index in [4.69, 9.17) is 0 Å². The first kappa shape index (κ1) is 19.0. The molecule has 25 heavy (non-hydrogen) atoms. The SMILES string of the molecule is CCCCCC(C)NC(=NC)NCc1cccc(Cn2ccnc2)c1. The highest BCUT2D eigenvalue weighted by molar-refractivity contribution is 5.79. The van der Waals surface area contributed by atoms with Gasteiger partial charge in [0, 0.05) is 38.6 Å². The van der Waals surface area contributed by atoms with E-state index >= 15 is 0 Å². The molecule has 1 aromatic carbocycles. The summed E-state index contributed by atoms with van der Waals surface area (Å²) in [7, 11) is 1.82. The Kier molecular flexibility index (Phi) is 8.02. The molecule has 1 heterocycles. The van der Waals surface area contributed by atoms with Crippen LogP contribution in [0.4, 0.5) is 0 Å². The number of nitrogens with one attached hydrogen (secondary N) is 2. The van der Waals surface area contributed by atoms with Crippen molar-refractivity contribution in [3.8, 4) is 0 Å². The molecule has 2 aromatic rings. The molecular weight excluding hydrogens is 310 g/mol. The van der Waals surface area contributed by atoms with Gasteiger partial charge in [0.05, 0.1) is 6.33 Å². The molecule has 5 nitrogen and oxygen atoms in total. The molecule has 1 aromatic heterocycles. The molecule has 0 spiro atoms. The maximum Gasteiger partial charge on any atom is 0.191 e. The zero-order valence-electron chi connectivity index (χ0n) is 15.7. The lowest BCUT2D eigenvalue weighted by molar-refractivity contribution is 0.546. The van der Waals surface area contributed by atoms with Gasteiger partial charge in [-0.25, -0.2) is 4.98 Å². The molecule has 2 N–H and O–H groups in total. The van der Waals surface area contributed by atoms with E-state index in [1.165, 1.54) is 36.8 Å². The van der Waals surface area contributed by atoms with E-state index in [-0.39, 0.29) is 0 Å². The van der Waals surface area contributed by atoms with Gasteiger partial charge in [0.25, 0.3) is 0 Å². The lowest BCUT2D eigenvalue weighted by atomic mass is 10.1. The number of aromatic nitrogens is 2. The van der Waals surface area contributed by atoms with Crippen LogP contribution in [0.1, 0.15) is 50.7 Å². The maximum absolute atomic E-state index is 4.34. The van der Waals surface area contributed by atoms with Crippen molar-refractivity contribution in [1.29, 1.82) is 0 Å². The van der Waals surface area contributed by atoms with Crippen molar-refractivity contribution in [2.75, 3.05) is 7.05 Å². The Morgan fingerprint density at radius 1 is 1.28 bits per heavy atom. The Morgan fingerprint density at radius 3 is 2.84 bits per heavy atom. The quantitative estimate of drug-likeness (QED) is 0.416. The second kappa shape index (κ2) is 10.5. The smallest absolute Gasteiger partial charge is 0.191 e. The summed E-state index contributed by atoms with van der Waals surface area (Å²) in [6.07, 6.45) is 10.6. The number of benzene rings is 1. The number of hydrogen-bond donors (Lipinski definition) is 2. The number of hydrogen-bond acceptors (Lipinski definition) is 2. The zero-order chi connectivity index (χ0) is 17.9. The molecule has 1 atom stereocenters. The van der Waals surface area contributed by atoms with Crippen LogP contribution in [0.5, 0.6) is 0 Å². The van der Waals surface area contributed by atoms with E-state index in [0.29, 0.717) is 6.04 Å². The van der Waals surface area contributed by atoms with Crippen LogP contribution in [0.15, 0.2) is 48.0 Å². The van der Waals surface area contributed by atoms with Crippen LogP contribution in [0.25, 0.3) is 0 Å². The summed E-state index contributed by atoms with van der Waals surface area (Å²) in [6, 6.07) is 9.05. The molecule has 0 aliphatic heterocycles. The molecule has 2 rings (SSSR count). The minimum atomic E-state index is 0.435. The van der Waals surface area contributed by atoms with Crippen LogP contribution >= 0.6 is 0 Å². The first-order valence-electron chi connectivity index (χ1n) is 9.22. The Balaban J connectivity index is 1.82. The third-order valence-electron chi connectivity index (χ3n) is 4.22. The molecule has 0 fully saturated rings. The van der Waals surface area contributed by atoms with E-state index in [0.717, 1.165) is 19.0 Å². The first-order chi connectivity index (χ1) is 12.2. The molecule has 0 aliphatic rings. The maximum atomic E-state index is 4.34. The van der Waals surface area contributed by atoms with Crippen LogP contribution in [-0.2, 0) is 13.1 Å². The third kappa shape index (κ3) is 6.99. The van der Waals surface area contributed by atoms with Gasteiger partial charge in [-0.3, -0.25) is 4.99 Å². The van der Waals surface area contributed by atoms with Crippen LogP contribution in [0.3, 0.4) is 0 Å². The Labute approximate surface area is 151 Å². The Morgan fingerprint density at radius 2 is 2.12 bits per heavy atom. The van der Waals surface area contributed by atoms with Crippen LogP contribution in [0, 0.1) is 0 Å². The molecule has 0 aliphatic carbocycles. The lowest BCUT2D eigenvalue weighted by Gasteiger charge is -2.18. The Hall–Kier alpha value is -2.30. The van der Waals surface area contributed by atoms with Crippen molar-refractivity contribution in [2.24, 2.45) is 4.99 Å². The number of imidazole rings is 1. The number of rotatable bonds is 9. The van der Waals surface area contributed by atoms with Gasteiger partial charge in [-0.15, -0.1) is 0 Å². The molecule has 136 valence electrons. The fourth-order valence-corrected chi connectivity index (χ4v) is 2.82. The minimum absolute atomic E-state index is 0.435. The van der Waals surface area contributed by atoms with Crippen molar-refractivity contribution >= 4 is 5.96 Å². The molecule has 0 radical (unpaired) electrons. The van der Waals surface area contributed by atoms with Gasteiger partial charge >= 0.3 is 0 Å². The van der Waals surface area contributed by atoms with Crippen molar-refractivity contribution in [3.63, 3.8) is 0 Å². The number of unbranched alkanes of at least 4 members (excludes halogenated alkanes) is 2. The molecule has 0 amide bonds. The summed E-state index contributed by atoms with van der Waals surface area (Å²) in [5, 5.41) is 6.89. The van der Waals surface area contributed by atoms with Gasteiger partial charge in [-0.05, 0) is 24.5 Å². The largest absolute Gasteiger partial charge is 0.354 e. The second-order valence-electron chi connectivity index (χ2n) is 6.52. The van der Waals surface area contributed by atoms with Crippen molar-refractivity contribution in [2.45, 2.75) is 58.7 Å². The summed E-state index contributed by atoms with van der Waals surface area (Å²) in [4.78, 5) is 8.43. The number of guanidine groups is 1. The Bertz CT molecular complexity index is 633. The zero-order valence-corrected chi connectivity index (χ0v) is 15.7. The number of nitrogens with zero attached hydrogens (tertiary/aromatic N) is 3. The van der Waals surface area contributed by atoms with Crippen molar-refractivity contribution in [1.82, 2.24) is 20.2 Å². The van der Waals surface area contributed by atoms with E-state index in [1.807, 2.05) is 25.8 Å². The van der Waals surface area contributed by atoms with E-state index in [9.17, 15) is 0 Å². The summed E-state index contributed by atoms with van der Waals surface area (Å²) in [6.45, 7) is 6.06. The average molecular weight is 342 g/mol. The molecule has 0 bridgehead atoms. The summed E-state index contributed by atoms with van der Waals surface area (Å²) in [5.41, 5.74) is 2.52. The van der Waals surface area contributed by atoms with Gasteiger partial charge in [0.1, 0.15) is 0 Å². The monoisotopic (exact) mass is 341 g/mol. The van der Waals surface area contributed by atoms with E-state index in [1.54, 1.807) is 0 Å². The van der Waals surface area contributed by atoms with Crippen molar-refractivity contribution in [3.05, 3.63) is 54.1 Å². The highest BCUT2D eigenvalue weighted by atomic mass is 15.2. The topological polar surface area (TPSA) is 54.2 Å². The average Bonchev–Trinajstić information content (AvgIpc) is 3.12. The van der Waals surface area contributed by atoms with Gasteiger partial charge in [0.2, 0.25) is 0 Å². The standard InChI is InChI=1S/C20H31N5/c1-4-5-6-8-17(2)24-20(21-3)23-14-18-9-7-10-19(13-18)15-25-12-11-22-16-25/h7,9-13,16-17H,4-6,8,14-15H2,1-3H3,(H2,21,23,24). The van der Waals surface area contributed by atoms with Gasteiger partial charge in [-0.1, -0.05) is 50.5 Å². The number of aliphatic imine (C=N–C) groups is 1. The fraction of sp³-hybridized carbons (Fsp3) is 0.500. The normalized spacial score (nSPS) is 12.8. The molecule has 0 saturated carbocycles. The predicted octanol–water partition coefficient (Wildman–Crippen LogP) is 3.57. The van der Waals surface area contributed by atoms with E-state index < -0.39 is 0 Å². The predicted molar refractivity (Wildman–Crippen MR) is 105 cm³/mol. The third-order valence-corrected chi connectivity index (χ3v) is 4.22. The van der Waals surface area contributed by atoms with Crippen molar-refractivity contribution < 1.29 is 0 Å². The summed E-state index contributed by atoms with van der Waals surface area (Å²) >= 11 is 0. The lowest BCUT2D eigenvalue weighted by Crippen LogP contribution is -2.41. The second-order valence-corrected chi connectivity index (χ2v) is 6.52. The molecule has 5 heteroatoms. The van der Waals surface area contributed by atoms with Gasteiger partial charge < -0.3 is 15.2 Å².